The number of nitrogens with zero attached hydrogens (tertiary/aromatic N) is 2. The van der Waals surface area contributed by atoms with Crippen LogP contribution in [0.2, 0.25) is 0 Å². The van der Waals surface area contributed by atoms with Crippen LogP contribution in [0.1, 0.15) is 48.2 Å². The monoisotopic (exact) mass is 396 g/mol. The molecule has 0 saturated carbocycles. The summed E-state index contributed by atoms with van der Waals surface area (Å²) in [6.07, 6.45) is 9.72. The lowest BCUT2D eigenvalue weighted by Gasteiger charge is -2.13. The number of benzene rings is 1. The van der Waals surface area contributed by atoms with Crippen LogP contribution >= 0.6 is 0 Å². The Kier molecular flexibility index (Phi) is 7.44. The van der Waals surface area contributed by atoms with Crippen LogP contribution < -0.4 is 20.1 Å². The van der Waals surface area contributed by atoms with E-state index in [1.807, 2.05) is 18.2 Å². The molecule has 0 saturated heterocycles. The molecule has 2 N–H and O–H groups in total. The van der Waals surface area contributed by atoms with Crippen molar-refractivity contribution in [1.82, 2.24) is 15.3 Å². The summed E-state index contributed by atoms with van der Waals surface area (Å²) in [6.45, 7) is 1.16. The molecule has 1 heterocycles. The summed E-state index contributed by atoms with van der Waals surface area (Å²) in [5.41, 5.74) is 2.75. The molecule has 1 amide bonds. The molecule has 1 aliphatic rings. The molecule has 0 bridgehead atoms. The SMILES string of the molecule is COc1ccc(CNC(=O)c2cc(NCCC3=CCCCC3)ncn2)cc1OC. The number of rotatable bonds is 9. The summed E-state index contributed by atoms with van der Waals surface area (Å²) in [4.78, 5) is 20.8. The van der Waals surface area contributed by atoms with Crippen LogP contribution in [0.15, 0.2) is 42.2 Å². The Morgan fingerprint density at radius 3 is 2.72 bits per heavy atom. The molecular weight excluding hydrogens is 368 g/mol. The maximum atomic E-state index is 12.5. The molecule has 0 atom stereocenters. The van der Waals surface area contributed by atoms with Gasteiger partial charge in [0.2, 0.25) is 0 Å². The van der Waals surface area contributed by atoms with E-state index in [1.165, 1.54) is 37.6 Å². The first-order chi connectivity index (χ1) is 14.2. The third-order valence-corrected chi connectivity index (χ3v) is 4.94. The molecule has 7 heteroatoms. The second-order valence-electron chi connectivity index (χ2n) is 6.95. The van der Waals surface area contributed by atoms with Crippen molar-refractivity contribution in [2.24, 2.45) is 0 Å². The number of ether oxygens (including phenoxy) is 2. The molecule has 2 aromatic rings. The van der Waals surface area contributed by atoms with Crippen LogP contribution in [0.5, 0.6) is 11.5 Å². The number of nitrogens with one attached hydrogen (secondary N) is 2. The van der Waals surface area contributed by atoms with Gasteiger partial charge in [0.15, 0.2) is 11.5 Å². The Morgan fingerprint density at radius 2 is 1.97 bits per heavy atom. The summed E-state index contributed by atoms with van der Waals surface area (Å²) in [7, 11) is 3.17. The van der Waals surface area contributed by atoms with E-state index in [1.54, 1.807) is 20.3 Å². The van der Waals surface area contributed by atoms with Gasteiger partial charge in [-0.2, -0.15) is 0 Å². The highest BCUT2D eigenvalue weighted by molar-refractivity contribution is 5.92. The number of allylic oxidation sites excluding steroid dienone is 1. The predicted octanol–water partition coefficient (Wildman–Crippen LogP) is 3.73. The Labute approximate surface area is 171 Å². The number of anilines is 1. The van der Waals surface area contributed by atoms with Crippen molar-refractivity contribution in [3.63, 3.8) is 0 Å². The minimum Gasteiger partial charge on any atom is -0.493 e. The van der Waals surface area contributed by atoms with Crippen LogP contribution in [0.25, 0.3) is 0 Å². The summed E-state index contributed by atoms with van der Waals surface area (Å²) in [5.74, 6) is 1.69. The predicted molar refractivity (Wildman–Crippen MR) is 112 cm³/mol. The minimum absolute atomic E-state index is 0.250. The number of hydrogen-bond donors (Lipinski definition) is 2. The maximum absolute atomic E-state index is 12.5. The van der Waals surface area contributed by atoms with Crippen molar-refractivity contribution < 1.29 is 14.3 Å². The lowest BCUT2D eigenvalue weighted by Crippen LogP contribution is -2.24. The number of aromatic nitrogens is 2. The van der Waals surface area contributed by atoms with Gasteiger partial charge < -0.3 is 20.1 Å². The topological polar surface area (TPSA) is 85.4 Å². The highest BCUT2D eigenvalue weighted by Crippen LogP contribution is 2.27. The zero-order chi connectivity index (χ0) is 20.5. The van der Waals surface area contributed by atoms with Gasteiger partial charge in [-0.1, -0.05) is 17.7 Å². The van der Waals surface area contributed by atoms with Gasteiger partial charge >= 0.3 is 0 Å². The van der Waals surface area contributed by atoms with E-state index in [0.717, 1.165) is 18.5 Å². The molecule has 29 heavy (non-hydrogen) atoms. The highest BCUT2D eigenvalue weighted by atomic mass is 16.5. The highest BCUT2D eigenvalue weighted by Gasteiger charge is 2.10. The first-order valence-corrected chi connectivity index (χ1v) is 9.92. The quantitative estimate of drug-likeness (QED) is 0.628. The first kappa shape index (κ1) is 20.6. The molecule has 0 unspecified atom stereocenters. The fourth-order valence-corrected chi connectivity index (χ4v) is 3.32. The van der Waals surface area contributed by atoms with Gasteiger partial charge in [-0.05, 0) is 49.8 Å². The fourth-order valence-electron chi connectivity index (χ4n) is 3.32. The standard InChI is InChI=1S/C22H28N4O3/c1-28-19-9-8-17(12-20(19)29-2)14-24-22(27)18-13-21(26-15-25-18)23-11-10-16-6-4-3-5-7-16/h6,8-9,12-13,15H,3-5,7,10-11,14H2,1-2H3,(H,24,27)(H,23,25,26). The lowest BCUT2D eigenvalue weighted by atomic mass is 9.97. The van der Waals surface area contributed by atoms with E-state index in [9.17, 15) is 4.79 Å². The Balaban J connectivity index is 1.53. The van der Waals surface area contributed by atoms with Gasteiger partial charge in [0.05, 0.1) is 14.2 Å². The minimum atomic E-state index is -0.250. The zero-order valence-corrected chi connectivity index (χ0v) is 17.0. The van der Waals surface area contributed by atoms with E-state index in [-0.39, 0.29) is 5.91 Å². The van der Waals surface area contributed by atoms with Crippen molar-refractivity contribution in [3.8, 4) is 11.5 Å². The Hall–Kier alpha value is -3.09. The molecule has 3 rings (SSSR count). The van der Waals surface area contributed by atoms with E-state index >= 15 is 0 Å². The summed E-state index contributed by atoms with van der Waals surface area (Å²) in [5, 5.41) is 6.16. The third kappa shape index (κ3) is 5.94. The van der Waals surface area contributed by atoms with Crippen molar-refractivity contribution in [1.29, 1.82) is 0 Å². The van der Waals surface area contributed by atoms with Crippen LogP contribution in [0.4, 0.5) is 5.82 Å². The summed E-state index contributed by atoms with van der Waals surface area (Å²) < 4.78 is 10.5. The van der Waals surface area contributed by atoms with E-state index in [2.05, 4.69) is 26.7 Å². The second kappa shape index (κ2) is 10.5. The van der Waals surface area contributed by atoms with Gasteiger partial charge in [-0.25, -0.2) is 9.97 Å². The molecule has 1 aromatic heterocycles. The lowest BCUT2D eigenvalue weighted by molar-refractivity contribution is 0.0945. The second-order valence-corrected chi connectivity index (χ2v) is 6.95. The normalized spacial score (nSPS) is 13.4. The molecule has 0 fully saturated rings. The number of hydrogen-bond acceptors (Lipinski definition) is 6. The fraction of sp³-hybridized carbons (Fsp3) is 0.409. The van der Waals surface area contributed by atoms with Crippen LogP contribution in [-0.4, -0.2) is 36.6 Å². The summed E-state index contributed by atoms with van der Waals surface area (Å²) in [6, 6.07) is 7.22. The van der Waals surface area contributed by atoms with Crippen LogP contribution in [0.3, 0.4) is 0 Å². The number of methoxy groups -OCH3 is 2. The zero-order valence-electron chi connectivity index (χ0n) is 17.0. The van der Waals surface area contributed by atoms with Gasteiger partial charge in [0, 0.05) is 19.2 Å². The van der Waals surface area contributed by atoms with Crippen molar-refractivity contribution in [3.05, 3.63) is 53.5 Å². The van der Waals surface area contributed by atoms with E-state index < -0.39 is 0 Å². The smallest absolute Gasteiger partial charge is 0.270 e. The Morgan fingerprint density at radius 1 is 1.10 bits per heavy atom. The average Bonchev–Trinajstić information content (AvgIpc) is 2.78. The molecule has 0 aliphatic heterocycles. The van der Waals surface area contributed by atoms with Gasteiger partial charge in [-0.15, -0.1) is 0 Å². The van der Waals surface area contributed by atoms with Gasteiger partial charge in [0.25, 0.3) is 5.91 Å². The van der Waals surface area contributed by atoms with Crippen LogP contribution in [-0.2, 0) is 6.54 Å². The molecule has 1 aliphatic carbocycles. The average molecular weight is 396 g/mol. The molecule has 0 radical (unpaired) electrons. The number of carbonyl (C=O) groups is 1. The largest absolute Gasteiger partial charge is 0.493 e. The molecule has 0 spiro atoms. The van der Waals surface area contributed by atoms with Crippen molar-refractivity contribution in [2.75, 3.05) is 26.1 Å². The van der Waals surface area contributed by atoms with E-state index in [4.69, 9.17) is 9.47 Å². The molecule has 1 aromatic carbocycles. The Bertz CT molecular complexity index is 867. The third-order valence-electron chi connectivity index (χ3n) is 4.94. The van der Waals surface area contributed by atoms with Gasteiger partial charge in [0.1, 0.15) is 17.8 Å². The maximum Gasteiger partial charge on any atom is 0.270 e. The van der Waals surface area contributed by atoms with E-state index in [0.29, 0.717) is 29.6 Å². The number of amides is 1. The van der Waals surface area contributed by atoms with Gasteiger partial charge in [-0.3, -0.25) is 4.79 Å². The van der Waals surface area contributed by atoms with Crippen molar-refractivity contribution >= 4 is 11.7 Å². The molecular formula is C22H28N4O3. The molecule has 154 valence electrons. The summed E-state index contributed by atoms with van der Waals surface area (Å²) >= 11 is 0. The van der Waals surface area contributed by atoms with Crippen molar-refractivity contribution in [2.45, 2.75) is 38.6 Å². The van der Waals surface area contributed by atoms with Crippen LogP contribution in [0, 0.1) is 0 Å². The first-order valence-electron chi connectivity index (χ1n) is 9.92. The molecule has 7 nitrogen and oxygen atoms in total. The number of carbonyl (C=O) groups excluding carboxylic acids is 1.